The fourth-order valence-electron chi connectivity index (χ4n) is 3.98. The van der Waals surface area contributed by atoms with E-state index in [0.29, 0.717) is 24.4 Å². The second-order valence-corrected chi connectivity index (χ2v) is 8.50. The molecule has 4 rings (SSSR count). The van der Waals surface area contributed by atoms with E-state index in [1.54, 1.807) is 12.4 Å². The van der Waals surface area contributed by atoms with E-state index in [9.17, 15) is 4.79 Å². The zero-order chi connectivity index (χ0) is 22.7. The maximum atomic E-state index is 13.3. The lowest BCUT2D eigenvalue weighted by Crippen LogP contribution is -2.32. The maximum Gasteiger partial charge on any atom is 0.243 e. The van der Waals surface area contributed by atoms with E-state index in [2.05, 4.69) is 40.8 Å². The second kappa shape index (κ2) is 9.53. The van der Waals surface area contributed by atoms with Gasteiger partial charge in [-0.3, -0.25) is 9.78 Å². The summed E-state index contributed by atoms with van der Waals surface area (Å²) in [5, 5.41) is 3.79. The lowest BCUT2D eigenvalue weighted by molar-refractivity contribution is -0.124. The van der Waals surface area contributed by atoms with Gasteiger partial charge in [0.15, 0.2) is 0 Å². The highest BCUT2D eigenvalue weighted by Crippen LogP contribution is 2.29. The third kappa shape index (κ3) is 4.53. The van der Waals surface area contributed by atoms with E-state index in [1.165, 1.54) is 11.1 Å². The molecule has 5 nitrogen and oxygen atoms in total. The number of carbonyl (C=O) groups is 1. The highest BCUT2D eigenvalue weighted by Gasteiger charge is 2.25. The number of nitrogens with zero attached hydrogens (tertiary/aromatic N) is 3. The number of imidazole rings is 1. The molecule has 1 N–H and O–H groups in total. The molecule has 2 aromatic heterocycles. The van der Waals surface area contributed by atoms with Crippen LogP contribution in [0, 0.1) is 13.8 Å². The maximum absolute atomic E-state index is 13.3. The van der Waals surface area contributed by atoms with Crippen molar-refractivity contribution in [1.82, 2.24) is 19.9 Å². The Kier molecular flexibility index (Phi) is 6.56. The number of hydrogen-bond acceptors (Lipinski definition) is 3. The Morgan fingerprint density at radius 1 is 1.09 bits per heavy atom. The van der Waals surface area contributed by atoms with Gasteiger partial charge in [-0.2, -0.15) is 0 Å². The van der Waals surface area contributed by atoms with Crippen molar-refractivity contribution >= 4 is 28.5 Å². The number of pyridine rings is 1. The van der Waals surface area contributed by atoms with E-state index in [-0.39, 0.29) is 11.9 Å². The van der Waals surface area contributed by atoms with Gasteiger partial charge in [0.05, 0.1) is 11.0 Å². The third-order valence-electron chi connectivity index (χ3n) is 5.90. The second-order valence-electron chi connectivity index (χ2n) is 8.09. The van der Waals surface area contributed by atoms with Crippen molar-refractivity contribution in [2.45, 2.75) is 46.2 Å². The number of halogens is 1. The van der Waals surface area contributed by atoms with Crippen LogP contribution in [0.1, 0.15) is 47.5 Å². The minimum Gasteiger partial charge on any atom is -0.350 e. The summed E-state index contributed by atoms with van der Waals surface area (Å²) in [6.45, 7) is 6.66. The Hall–Kier alpha value is -3.18. The van der Waals surface area contributed by atoms with Gasteiger partial charge < -0.3 is 9.88 Å². The minimum atomic E-state index is -0.374. The van der Waals surface area contributed by atoms with Crippen LogP contribution >= 0.6 is 11.6 Å². The van der Waals surface area contributed by atoms with E-state index in [4.69, 9.17) is 16.6 Å². The number of aromatic nitrogens is 3. The van der Waals surface area contributed by atoms with Crippen LogP contribution in [0.25, 0.3) is 11.0 Å². The summed E-state index contributed by atoms with van der Waals surface area (Å²) in [6.07, 6.45) is 4.67. The summed E-state index contributed by atoms with van der Waals surface area (Å²) in [5.74, 6) is 0.811. The molecule has 1 atom stereocenters. The van der Waals surface area contributed by atoms with Gasteiger partial charge in [-0.1, -0.05) is 36.7 Å². The van der Waals surface area contributed by atoms with Crippen LogP contribution in [0.4, 0.5) is 0 Å². The summed E-state index contributed by atoms with van der Waals surface area (Å²) < 4.78 is 2.09. The predicted octanol–water partition coefficient (Wildman–Crippen LogP) is 5.56. The lowest BCUT2D eigenvalue weighted by atomic mass is 10.1. The van der Waals surface area contributed by atoms with E-state index >= 15 is 0 Å². The molecule has 164 valence electrons. The van der Waals surface area contributed by atoms with Crippen LogP contribution in [0.2, 0.25) is 5.02 Å². The molecule has 0 bridgehead atoms. The van der Waals surface area contributed by atoms with Crippen LogP contribution < -0.4 is 5.32 Å². The van der Waals surface area contributed by atoms with Gasteiger partial charge in [-0.05, 0) is 72.9 Å². The molecule has 6 heteroatoms. The molecule has 0 spiro atoms. The van der Waals surface area contributed by atoms with E-state index in [1.807, 2.05) is 43.3 Å². The fraction of sp³-hybridized carbons (Fsp3) is 0.269. The number of benzene rings is 2. The average Bonchev–Trinajstić information content (AvgIpc) is 3.12. The molecule has 32 heavy (non-hydrogen) atoms. The van der Waals surface area contributed by atoms with Crippen molar-refractivity contribution in [1.29, 1.82) is 0 Å². The van der Waals surface area contributed by atoms with Crippen LogP contribution in [0.5, 0.6) is 0 Å². The van der Waals surface area contributed by atoms with Crippen molar-refractivity contribution < 1.29 is 4.79 Å². The van der Waals surface area contributed by atoms with Crippen LogP contribution in [0.15, 0.2) is 60.9 Å². The zero-order valence-corrected chi connectivity index (χ0v) is 19.4. The molecule has 2 aromatic carbocycles. The van der Waals surface area contributed by atoms with Gasteiger partial charge in [0.25, 0.3) is 0 Å². The Bertz CT molecular complexity index is 1250. The zero-order valence-electron chi connectivity index (χ0n) is 18.6. The first-order valence-corrected chi connectivity index (χ1v) is 11.2. The summed E-state index contributed by atoms with van der Waals surface area (Å²) >= 11 is 6.45. The molecule has 4 aromatic rings. The number of amides is 1. The Labute approximate surface area is 193 Å². The van der Waals surface area contributed by atoms with Gasteiger partial charge in [0.2, 0.25) is 5.91 Å². The normalized spacial score (nSPS) is 12.1. The van der Waals surface area contributed by atoms with Crippen LogP contribution in [0.3, 0.4) is 0 Å². The largest absolute Gasteiger partial charge is 0.350 e. The number of carbonyl (C=O) groups excluding carboxylic acids is 1. The molecule has 0 unspecified atom stereocenters. The van der Waals surface area contributed by atoms with Gasteiger partial charge in [-0.15, -0.1) is 0 Å². The number of rotatable bonds is 7. The van der Waals surface area contributed by atoms with Crippen molar-refractivity contribution in [3.8, 4) is 0 Å². The third-order valence-corrected chi connectivity index (χ3v) is 6.27. The minimum absolute atomic E-state index is 0.0257. The standard InChI is InChI=1S/C26H27ClN4O/c1-4-23(26(32)29-16-19-9-11-28-12-10-19)31-24-14-18(3)17(2)13-22(24)30-25(31)15-20-7-5-6-8-21(20)27/h5-14,23H,4,15-16H2,1-3H3,(H,29,32)/t23-/m1/s1. The number of hydrogen-bond donors (Lipinski definition) is 1. The molecule has 0 saturated heterocycles. The van der Waals surface area contributed by atoms with Gasteiger partial charge >= 0.3 is 0 Å². The monoisotopic (exact) mass is 446 g/mol. The fourth-order valence-corrected chi connectivity index (χ4v) is 4.18. The Morgan fingerprint density at radius 2 is 1.81 bits per heavy atom. The van der Waals surface area contributed by atoms with Crippen molar-refractivity contribution in [2.24, 2.45) is 0 Å². The molecule has 0 aliphatic rings. The molecule has 0 aliphatic heterocycles. The van der Waals surface area contributed by atoms with Crippen molar-refractivity contribution in [3.05, 3.63) is 94.0 Å². The number of fused-ring (bicyclic) bond motifs is 1. The van der Waals surface area contributed by atoms with Gasteiger partial charge in [0, 0.05) is 30.4 Å². The first-order chi connectivity index (χ1) is 15.5. The quantitative estimate of drug-likeness (QED) is 0.404. The molecule has 2 heterocycles. The molecule has 0 saturated carbocycles. The summed E-state index contributed by atoms with van der Waals surface area (Å²) in [6, 6.07) is 15.5. The first-order valence-electron chi connectivity index (χ1n) is 10.9. The van der Waals surface area contributed by atoms with Crippen LogP contribution in [-0.4, -0.2) is 20.4 Å². The Morgan fingerprint density at radius 3 is 2.53 bits per heavy atom. The molecule has 0 fully saturated rings. The van der Waals surface area contributed by atoms with Gasteiger partial charge in [0.1, 0.15) is 11.9 Å². The first kappa shape index (κ1) is 22.0. The van der Waals surface area contributed by atoms with Crippen molar-refractivity contribution in [3.63, 3.8) is 0 Å². The topological polar surface area (TPSA) is 59.8 Å². The predicted molar refractivity (Wildman–Crippen MR) is 129 cm³/mol. The Balaban J connectivity index is 1.74. The summed E-state index contributed by atoms with van der Waals surface area (Å²) in [7, 11) is 0. The molecular weight excluding hydrogens is 420 g/mol. The number of nitrogens with one attached hydrogen (secondary N) is 1. The van der Waals surface area contributed by atoms with E-state index in [0.717, 1.165) is 28.0 Å². The molecular formula is C26H27ClN4O. The van der Waals surface area contributed by atoms with E-state index < -0.39 is 0 Å². The SMILES string of the molecule is CC[C@H](C(=O)NCc1ccncc1)n1c(Cc2ccccc2Cl)nc2cc(C)c(C)cc21. The molecule has 0 radical (unpaired) electrons. The molecule has 1 amide bonds. The lowest BCUT2D eigenvalue weighted by Gasteiger charge is -2.21. The average molecular weight is 447 g/mol. The molecule has 0 aliphatic carbocycles. The highest BCUT2D eigenvalue weighted by molar-refractivity contribution is 6.31. The summed E-state index contributed by atoms with van der Waals surface area (Å²) in [4.78, 5) is 22.3. The van der Waals surface area contributed by atoms with Gasteiger partial charge in [-0.25, -0.2) is 4.98 Å². The highest BCUT2D eigenvalue weighted by atomic mass is 35.5. The smallest absolute Gasteiger partial charge is 0.243 e. The van der Waals surface area contributed by atoms with Crippen molar-refractivity contribution in [2.75, 3.05) is 0 Å². The number of aryl methyl sites for hydroxylation is 2. The van der Waals surface area contributed by atoms with Crippen LogP contribution in [-0.2, 0) is 17.8 Å². The summed E-state index contributed by atoms with van der Waals surface area (Å²) in [5.41, 5.74) is 6.24.